The summed E-state index contributed by atoms with van der Waals surface area (Å²) in [5, 5.41) is 2.89. The summed E-state index contributed by atoms with van der Waals surface area (Å²) in [4.78, 5) is 25.3. The summed E-state index contributed by atoms with van der Waals surface area (Å²) < 4.78 is 10.5. The minimum Gasteiger partial charge on any atom is -0.496 e. The van der Waals surface area contributed by atoms with Gasteiger partial charge < -0.3 is 19.7 Å². The number of hydrogen-bond donors (Lipinski definition) is 1. The van der Waals surface area contributed by atoms with E-state index in [1.807, 2.05) is 0 Å². The Morgan fingerprint density at radius 1 is 1.33 bits per heavy atom. The Morgan fingerprint density at radius 3 is 2.57 bits per heavy atom. The van der Waals surface area contributed by atoms with Crippen LogP contribution in [0.1, 0.15) is 17.3 Å². The molecule has 1 fully saturated rings. The highest BCUT2D eigenvalue weighted by atomic mass is 35.5. The van der Waals surface area contributed by atoms with E-state index in [4.69, 9.17) is 21.1 Å². The highest BCUT2D eigenvalue weighted by molar-refractivity contribution is 6.34. The van der Waals surface area contributed by atoms with E-state index in [0.717, 1.165) is 0 Å². The van der Waals surface area contributed by atoms with Gasteiger partial charge in [-0.15, -0.1) is 0 Å². The maximum Gasteiger partial charge on any atom is 0.257 e. The first-order valence-corrected chi connectivity index (χ1v) is 6.93. The van der Waals surface area contributed by atoms with Gasteiger partial charge in [0.25, 0.3) is 5.91 Å². The van der Waals surface area contributed by atoms with E-state index >= 15 is 0 Å². The van der Waals surface area contributed by atoms with Crippen LogP contribution in [0.3, 0.4) is 0 Å². The van der Waals surface area contributed by atoms with Crippen LogP contribution in [0, 0.1) is 0 Å². The molecule has 114 valence electrons. The molecule has 0 radical (unpaired) electrons. The molecule has 1 aromatic rings. The smallest absolute Gasteiger partial charge is 0.257 e. The standard InChI is InChI=1S/C14H17ClN2O4/c1-9(18)16-12-8-13(20-2)10(7-11(12)15)14(19)17-3-5-21-6-4-17/h7-8H,3-6H2,1-2H3,(H,16,18). The Labute approximate surface area is 128 Å². The summed E-state index contributed by atoms with van der Waals surface area (Å²) in [5.41, 5.74) is 0.790. The molecule has 0 spiro atoms. The number of hydrogen-bond acceptors (Lipinski definition) is 4. The lowest BCUT2D eigenvalue weighted by Crippen LogP contribution is -2.40. The van der Waals surface area contributed by atoms with Gasteiger partial charge in [0.1, 0.15) is 5.75 Å². The first-order valence-electron chi connectivity index (χ1n) is 6.55. The van der Waals surface area contributed by atoms with E-state index in [1.54, 1.807) is 11.0 Å². The van der Waals surface area contributed by atoms with Crippen LogP contribution in [0.25, 0.3) is 0 Å². The van der Waals surface area contributed by atoms with Crippen LogP contribution in [0.2, 0.25) is 5.02 Å². The van der Waals surface area contributed by atoms with Gasteiger partial charge in [-0.05, 0) is 6.07 Å². The van der Waals surface area contributed by atoms with E-state index in [-0.39, 0.29) is 11.8 Å². The molecular weight excluding hydrogens is 296 g/mol. The molecule has 0 aromatic heterocycles. The van der Waals surface area contributed by atoms with Crippen molar-refractivity contribution in [3.63, 3.8) is 0 Å². The summed E-state index contributed by atoms with van der Waals surface area (Å²) in [7, 11) is 1.47. The number of amides is 2. The van der Waals surface area contributed by atoms with Crippen LogP contribution < -0.4 is 10.1 Å². The van der Waals surface area contributed by atoms with Crippen molar-refractivity contribution in [2.24, 2.45) is 0 Å². The van der Waals surface area contributed by atoms with Crippen molar-refractivity contribution in [2.75, 3.05) is 38.7 Å². The molecule has 0 aliphatic carbocycles. The predicted octanol–water partition coefficient (Wildman–Crippen LogP) is 1.78. The number of carbonyl (C=O) groups excluding carboxylic acids is 2. The van der Waals surface area contributed by atoms with Crippen molar-refractivity contribution in [2.45, 2.75) is 6.92 Å². The number of anilines is 1. The molecule has 7 heteroatoms. The molecule has 1 aliphatic rings. The van der Waals surface area contributed by atoms with Crippen LogP contribution in [-0.2, 0) is 9.53 Å². The summed E-state index contributed by atoms with van der Waals surface area (Å²) in [6.07, 6.45) is 0. The summed E-state index contributed by atoms with van der Waals surface area (Å²) in [5.74, 6) is -0.0303. The van der Waals surface area contributed by atoms with Crippen molar-refractivity contribution in [1.82, 2.24) is 4.90 Å². The Kier molecular flexibility index (Phi) is 5.03. The summed E-state index contributed by atoms with van der Waals surface area (Å²) >= 11 is 6.12. The Morgan fingerprint density at radius 2 is 2.00 bits per heavy atom. The quantitative estimate of drug-likeness (QED) is 0.924. The predicted molar refractivity (Wildman–Crippen MR) is 79.0 cm³/mol. The maximum absolute atomic E-state index is 12.5. The molecule has 1 N–H and O–H groups in total. The van der Waals surface area contributed by atoms with Crippen molar-refractivity contribution in [3.05, 3.63) is 22.7 Å². The number of nitrogens with zero attached hydrogens (tertiary/aromatic N) is 1. The number of rotatable bonds is 3. The normalized spacial score (nSPS) is 14.7. The number of methoxy groups -OCH3 is 1. The zero-order valence-electron chi connectivity index (χ0n) is 11.9. The Hall–Kier alpha value is -1.79. The fourth-order valence-corrected chi connectivity index (χ4v) is 2.32. The van der Waals surface area contributed by atoms with Gasteiger partial charge in [-0.3, -0.25) is 9.59 Å². The van der Waals surface area contributed by atoms with Crippen molar-refractivity contribution in [1.29, 1.82) is 0 Å². The summed E-state index contributed by atoms with van der Waals surface area (Å²) in [6.45, 7) is 3.49. The van der Waals surface area contributed by atoms with E-state index in [1.165, 1.54) is 20.1 Å². The monoisotopic (exact) mass is 312 g/mol. The third kappa shape index (κ3) is 3.65. The van der Waals surface area contributed by atoms with Gasteiger partial charge in [-0.1, -0.05) is 11.6 Å². The van der Waals surface area contributed by atoms with Crippen LogP contribution >= 0.6 is 11.6 Å². The minimum absolute atomic E-state index is 0.161. The molecule has 1 aromatic carbocycles. The minimum atomic E-state index is -0.244. The Balaban J connectivity index is 2.31. The van der Waals surface area contributed by atoms with Crippen LogP contribution in [0.5, 0.6) is 5.75 Å². The maximum atomic E-state index is 12.5. The molecule has 21 heavy (non-hydrogen) atoms. The molecule has 0 atom stereocenters. The van der Waals surface area contributed by atoms with Crippen molar-refractivity contribution < 1.29 is 19.1 Å². The van der Waals surface area contributed by atoms with Gasteiger partial charge in [-0.2, -0.15) is 0 Å². The first-order chi connectivity index (χ1) is 10.0. The van der Waals surface area contributed by atoms with E-state index in [0.29, 0.717) is 48.3 Å². The fraction of sp³-hybridized carbons (Fsp3) is 0.429. The van der Waals surface area contributed by atoms with Crippen LogP contribution in [-0.4, -0.2) is 50.1 Å². The molecule has 1 aliphatic heterocycles. The molecule has 0 bridgehead atoms. The number of morpholine rings is 1. The molecule has 2 amide bonds. The molecule has 1 heterocycles. The second-order valence-electron chi connectivity index (χ2n) is 4.62. The number of benzene rings is 1. The fourth-order valence-electron chi connectivity index (χ4n) is 2.11. The average molecular weight is 313 g/mol. The lowest BCUT2D eigenvalue weighted by Gasteiger charge is -2.27. The van der Waals surface area contributed by atoms with E-state index < -0.39 is 0 Å². The van der Waals surface area contributed by atoms with Gasteiger partial charge in [-0.25, -0.2) is 0 Å². The molecular formula is C14H17ClN2O4. The van der Waals surface area contributed by atoms with Gasteiger partial charge in [0.05, 0.1) is 36.6 Å². The van der Waals surface area contributed by atoms with E-state index in [2.05, 4.69) is 5.32 Å². The highest BCUT2D eigenvalue weighted by Crippen LogP contribution is 2.32. The van der Waals surface area contributed by atoms with Gasteiger partial charge in [0, 0.05) is 26.1 Å². The molecule has 0 unspecified atom stereocenters. The third-order valence-electron chi connectivity index (χ3n) is 3.13. The van der Waals surface area contributed by atoms with Gasteiger partial charge in [0.2, 0.25) is 5.91 Å². The topological polar surface area (TPSA) is 67.9 Å². The lowest BCUT2D eigenvalue weighted by atomic mass is 10.1. The SMILES string of the molecule is COc1cc(NC(C)=O)c(Cl)cc1C(=O)N1CCOCC1. The molecule has 1 saturated heterocycles. The molecule has 6 nitrogen and oxygen atoms in total. The van der Waals surface area contributed by atoms with Crippen molar-refractivity contribution >= 4 is 29.1 Å². The van der Waals surface area contributed by atoms with Crippen LogP contribution in [0.4, 0.5) is 5.69 Å². The van der Waals surface area contributed by atoms with Crippen molar-refractivity contribution in [3.8, 4) is 5.75 Å². The average Bonchev–Trinajstić information content (AvgIpc) is 2.48. The zero-order valence-corrected chi connectivity index (χ0v) is 12.7. The molecule has 2 rings (SSSR count). The third-order valence-corrected chi connectivity index (χ3v) is 3.44. The zero-order chi connectivity index (χ0) is 15.4. The highest BCUT2D eigenvalue weighted by Gasteiger charge is 2.23. The molecule has 0 saturated carbocycles. The van der Waals surface area contributed by atoms with Gasteiger partial charge >= 0.3 is 0 Å². The van der Waals surface area contributed by atoms with E-state index in [9.17, 15) is 9.59 Å². The first kappa shape index (κ1) is 15.6. The second-order valence-corrected chi connectivity index (χ2v) is 5.03. The number of ether oxygens (including phenoxy) is 2. The number of nitrogens with one attached hydrogen (secondary N) is 1. The lowest BCUT2D eigenvalue weighted by molar-refractivity contribution is -0.114. The number of carbonyl (C=O) groups is 2. The summed E-state index contributed by atoms with van der Waals surface area (Å²) in [6, 6.07) is 3.07. The Bertz CT molecular complexity index is 556. The number of halogens is 1. The largest absolute Gasteiger partial charge is 0.496 e. The second kappa shape index (κ2) is 6.78. The van der Waals surface area contributed by atoms with Crippen LogP contribution in [0.15, 0.2) is 12.1 Å². The van der Waals surface area contributed by atoms with Gasteiger partial charge in [0.15, 0.2) is 0 Å².